The fraction of sp³-hybridized carbons (Fsp3) is 0.167. The Kier molecular flexibility index (Phi) is 5.82. The lowest BCUT2D eigenvalue weighted by Crippen LogP contribution is -2.25. The maximum Gasteiger partial charge on any atom is 0.262 e. The summed E-state index contributed by atoms with van der Waals surface area (Å²) < 4.78 is 1.66. The minimum absolute atomic E-state index is 0.0761. The highest BCUT2D eigenvalue weighted by Gasteiger charge is 2.17. The average Bonchev–Trinajstić information content (AvgIpc) is 3.22. The Balaban J connectivity index is 1.52. The van der Waals surface area contributed by atoms with Crippen molar-refractivity contribution in [3.63, 3.8) is 0 Å². The SMILES string of the molecule is CC(C)n1c(SCc2nc3scc(-c4ccccc4)c3c(=O)[nH]2)nc2cc(Cl)ccc2c1=O. The number of benzene rings is 2. The normalized spacial score (nSPS) is 11.6. The van der Waals surface area contributed by atoms with E-state index >= 15 is 0 Å². The van der Waals surface area contributed by atoms with Crippen LogP contribution in [0.25, 0.3) is 32.2 Å². The molecule has 0 aliphatic carbocycles. The van der Waals surface area contributed by atoms with Crippen molar-refractivity contribution in [3.05, 3.63) is 85.5 Å². The summed E-state index contributed by atoms with van der Waals surface area (Å²) in [4.78, 5) is 39.0. The first-order valence-electron chi connectivity index (χ1n) is 10.3. The van der Waals surface area contributed by atoms with Crippen LogP contribution >= 0.6 is 34.7 Å². The highest BCUT2D eigenvalue weighted by molar-refractivity contribution is 7.98. The first-order valence-corrected chi connectivity index (χ1v) is 12.6. The summed E-state index contributed by atoms with van der Waals surface area (Å²) in [5, 5.41) is 4.17. The summed E-state index contributed by atoms with van der Waals surface area (Å²) >= 11 is 8.92. The number of hydrogen-bond donors (Lipinski definition) is 1. The molecule has 0 fully saturated rings. The molecular weight excluding hydrogens is 476 g/mol. The second-order valence-corrected chi connectivity index (χ2v) is 10.1. The molecule has 0 atom stereocenters. The highest BCUT2D eigenvalue weighted by atomic mass is 35.5. The molecule has 6 nitrogen and oxygen atoms in total. The zero-order valence-corrected chi connectivity index (χ0v) is 20.2. The third kappa shape index (κ3) is 4.10. The van der Waals surface area contributed by atoms with Gasteiger partial charge in [-0.3, -0.25) is 14.2 Å². The van der Waals surface area contributed by atoms with Gasteiger partial charge in [0.1, 0.15) is 10.7 Å². The number of halogens is 1. The minimum Gasteiger partial charge on any atom is -0.309 e. The van der Waals surface area contributed by atoms with Crippen LogP contribution in [-0.4, -0.2) is 19.5 Å². The monoisotopic (exact) mass is 494 g/mol. The summed E-state index contributed by atoms with van der Waals surface area (Å²) in [5.41, 5.74) is 2.13. The third-order valence-electron chi connectivity index (χ3n) is 5.26. The van der Waals surface area contributed by atoms with Crippen LogP contribution in [0.15, 0.2) is 68.7 Å². The van der Waals surface area contributed by atoms with Crippen molar-refractivity contribution in [1.82, 2.24) is 19.5 Å². The number of nitrogens with zero attached hydrogens (tertiary/aromatic N) is 3. The first kappa shape index (κ1) is 21.9. The lowest BCUT2D eigenvalue weighted by atomic mass is 10.1. The number of rotatable bonds is 5. The summed E-state index contributed by atoms with van der Waals surface area (Å²) in [5.74, 6) is 0.907. The quantitative estimate of drug-likeness (QED) is 0.243. The summed E-state index contributed by atoms with van der Waals surface area (Å²) in [6, 6.07) is 14.8. The van der Waals surface area contributed by atoms with Gasteiger partial charge in [0.05, 0.1) is 22.0 Å². The Morgan fingerprint density at radius 1 is 1.12 bits per heavy atom. The van der Waals surface area contributed by atoms with E-state index < -0.39 is 0 Å². The predicted molar refractivity (Wildman–Crippen MR) is 137 cm³/mol. The van der Waals surface area contributed by atoms with E-state index in [2.05, 4.69) is 15.0 Å². The second-order valence-electron chi connectivity index (χ2n) is 7.82. The second kappa shape index (κ2) is 8.78. The van der Waals surface area contributed by atoms with Crippen molar-refractivity contribution in [1.29, 1.82) is 0 Å². The maximum atomic E-state index is 13.1. The molecule has 0 saturated heterocycles. The summed E-state index contributed by atoms with van der Waals surface area (Å²) in [7, 11) is 0. The zero-order chi connectivity index (χ0) is 23.1. The van der Waals surface area contributed by atoms with E-state index in [9.17, 15) is 9.59 Å². The van der Waals surface area contributed by atoms with E-state index in [4.69, 9.17) is 11.6 Å². The summed E-state index contributed by atoms with van der Waals surface area (Å²) in [6.45, 7) is 3.88. The van der Waals surface area contributed by atoms with Gasteiger partial charge in [0.15, 0.2) is 5.16 Å². The molecule has 9 heteroatoms. The van der Waals surface area contributed by atoms with Gasteiger partial charge in [0.25, 0.3) is 11.1 Å². The molecule has 166 valence electrons. The van der Waals surface area contributed by atoms with Crippen molar-refractivity contribution in [3.8, 4) is 11.1 Å². The van der Waals surface area contributed by atoms with Crippen LogP contribution in [-0.2, 0) is 5.75 Å². The molecule has 0 aliphatic heterocycles. The van der Waals surface area contributed by atoms with E-state index in [1.165, 1.54) is 23.1 Å². The van der Waals surface area contributed by atoms with Gasteiger partial charge >= 0.3 is 0 Å². The van der Waals surface area contributed by atoms with E-state index in [1.54, 1.807) is 22.8 Å². The Hall–Kier alpha value is -2.94. The van der Waals surface area contributed by atoms with Gasteiger partial charge in [-0.15, -0.1) is 11.3 Å². The van der Waals surface area contributed by atoms with Crippen LogP contribution in [0.2, 0.25) is 5.02 Å². The maximum absolute atomic E-state index is 13.1. The largest absolute Gasteiger partial charge is 0.309 e. The van der Waals surface area contributed by atoms with E-state index in [1.807, 2.05) is 49.6 Å². The van der Waals surface area contributed by atoms with E-state index in [0.29, 0.717) is 42.9 Å². The Bertz CT molecular complexity index is 1610. The molecule has 0 radical (unpaired) electrons. The van der Waals surface area contributed by atoms with E-state index in [-0.39, 0.29) is 17.2 Å². The Labute approximate surface area is 202 Å². The number of hydrogen-bond acceptors (Lipinski definition) is 6. The molecule has 33 heavy (non-hydrogen) atoms. The Morgan fingerprint density at radius 2 is 1.91 bits per heavy atom. The molecule has 1 N–H and O–H groups in total. The smallest absolute Gasteiger partial charge is 0.262 e. The highest BCUT2D eigenvalue weighted by Crippen LogP contribution is 2.31. The molecule has 2 aromatic carbocycles. The van der Waals surface area contributed by atoms with Crippen LogP contribution in [0.3, 0.4) is 0 Å². The van der Waals surface area contributed by atoms with Crippen LogP contribution < -0.4 is 11.1 Å². The van der Waals surface area contributed by atoms with Gasteiger partial charge in [-0.25, -0.2) is 9.97 Å². The molecule has 3 heterocycles. The van der Waals surface area contributed by atoms with Gasteiger partial charge in [-0.05, 0) is 37.6 Å². The molecular formula is C24H19ClN4O2S2. The number of thioether (sulfide) groups is 1. The molecule has 0 spiro atoms. The standard InChI is InChI=1S/C24H19ClN4O2S2/c1-13(2)29-23(31)16-9-8-15(25)10-18(16)26-24(29)33-12-19-27-21(30)20-17(11-32-22(20)28-19)14-6-4-3-5-7-14/h3-11,13H,12H2,1-2H3,(H,27,28,30). The topological polar surface area (TPSA) is 80.6 Å². The fourth-order valence-corrected chi connectivity index (χ4v) is 5.87. The van der Waals surface area contributed by atoms with Crippen molar-refractivity contribution in [2.24, 2.45) is 0 Å². The lowest BCUT2D eigenvalue weighted by molar-refractivity contribution is 0.519. The number of aromatic amines is 1. The third-order valence-corrected chi connectivity index (χ3v) is 7.33. The van der Waals surface area contributed by atoms with Gasteiger partial charge in [0, 0.05) is 22.0 Å². The predicted octanol–water partition coefficient (Wildman–Crippen LogP) is 5.89. The van der Waals surface area contributed by atoms with E-state index in [0.717, 1.165) is 11.1 Å². The molecule has 5 aromatic rings. The van der Waals surface area contributed by atoms with Gasteiger partial charge in [-0.2, -0.15) is 0 Å². The van der Waals surface area contributed by atoms with Gasteiger partial charge in [0.2, 0.25) is 0 Å². The number of H-pyrrole nitrogens is 1. The molecule has 3 aromatic heterocycles. The average molecular weight is 495 g/mol. The summed E-state index contributed by atoms with van der Waals surface area (Å²) in [6.07, 6.45) is 0. The minimum atomic E-state index is -0.171. The van der Waals surface area contributed by atoms with Crippen LogP contribution in [0, 0.1) is 0 Å². The zero-order valence-electron chi connectivity index (χ0n) is 17.8. The number of aromatic nitrogens is 4. The van der Waals surface area contributed by atoms with Crippen molar-refractivity contribution >= 4 is 55.8 Å². The van der Waals surface area contributed by atoms with Gasteiger partial charge < -0.3 is 4.98 Å². The fourth-order valence-electron chi connectivity index (χ4n) is 3.73. The number of fused-ring (bicyclic) bond motifs is 2. The lowest BCUT2D eigenvalue weighted by Gasteiger charge is -2.16. The van der Waals surface area contributed by atoms with Gasteiger partial charge in [-0.1, -0.05) is 53.7 Å². The molecule has 0 aliphatic rings. The van der Waals surface area contributed by atoms with Crippen molar-refractivity contribution in [2.75, 3.05) is 0 Å². The molecule has 0 saturated carbocycles. The first-order chi connectivity index (χ1) is 15.9. The van der Waals surface area contributed by atoms with Crippen LogP contribution in [0.1, 0.15) is 25.7 Å². The molecule has 0 bridgehead atoms. The van der Waals surface area contributed by atoms with Crippen molar-refractivity contribution in [2.45, 2.75) is 30.8 Å². The molecule has 5 rings (SSSR count). The van der Waals surface area contributed by atoms with Crippen molar-refractivity contribution < 1.29 is 0 Å². The molecule has 0 amide bonds. The van der Waals surface area contributed by atoms with Crippen LogP contribution in [0.4, 0.5) is 0 Å². The number of thiophene rings is 1. The Morgan fingerprint density at radius 3 is 2.67 bits per heavy atom. The molecule has 0 unspecified atom stereocenters. The number of nitrogens with one attached hydrogen (secondary N) is 1. The van der Waals surface area contributed by atoms with Crippen LogP contribution in [0.5, 0.6) is 0 Å².